The highest BCUT2D eigenvalue weighted by Gasteiger charge is 2.15. The molecule has 86 valence electrons. The van der Waals surface area contributed by atoms with Crippen LogP contribution in [-0.2, 0) is 6.42 Å². The predicted octanol–water partition coefficient (Wildman–Crippen LogP) is 2.37. The van der Waals surface area contributed by atoms with Crippen molar-refractivity contribution in [2.45, 2.75) is 13.3 Å². The quantitative estimate of drug-likeness (QED) is 0.685. The third kappa shape index (κ3) is 2.47. The van der Waals surface area contributed by atoms with Crippen molar-refractivity contribution in [2.75, 3.05) is 13.3 Å². The molecule has 1 aromatic rings. The van der Waals surface area contributed by atoms with Crippen molar-refractivity contribution in [2.24, 2.45) is 0 Å². The summed E-state index contributed by atoms with van der Waals surface area (Å²) in [5, 5.41) is 2.69. The van der Waals surface area contributed by atoms with Gasteiger partial charge in [-0.15, -0.1) is 0 Å². The minimum atomic E-state index is -0.189. The molecule has 0 fully saturated rings. The molecule has 0 aliphatic carbocycles. The van der Waals surface area contributed by atoms with Crippen LogP contribution in [0.5, 0.6) is 11.5 Å². The number of nitrogens with one attached hydrogen (secondary N) is 1. The molecule has 1 N–H and O–H groups in total. The molecule has 0 atom stereocenters. The molecule has 0 radical (unpaired) electrons. The van der Waals surface area contributed by atoms with Crippen LogP contribution < -0.4 is 14.8 Å². The molecule has 0 spiro atoms. The van der Waals surface area contributed by atoms with E-state index < -0.39 is 0 Å². The van der Waals surface area contributed by atoms with Gasteiger partial charge in [0.15, 0.2) is 11.5 Å². The molecule has 0 saturated heterocycles. The van der Waals surface area contributed by atoms with Gasteiger partial charge in [0.1, 0.15) is 0 Å². The molecule has 1 aliphatic rings. The normalized spacial score (nSPS) is 12.6. The smallest absolute Gasteiger partial charge is 0.287 e. The number of hydrogen-bond donors (Lipinski definition) is 1. The lowest BCUT2D eigenvalue weighted by atomic mass is 10.0. The van der Waals surface area contributed by atoms with Gasteiger partial charge in [0.2, 0.25) is 6.79 Å². The second-order valence-corrected chi connectivity index (χ2v) is 4.30. The van der Waals surface area contributed by atoms with Gasteiger partial charge in [0.25, 0.3) is 4.82 Å². The second-order valence-electron chi connectivity index (χ2n) is 3.58. The highest BCUT2D eigenvalue weighted by molar-refractivity contribution is 9.18. The number of hydrogen-bond acceptors (Lipinski definition) is 3. The zero-order chi connectivity index (χ0) is 11.5. The standard InChI is InChI=1S/C11H12BrNO3/c1-7-4-9-10(16-6-15-9)5-8(7)2-3-13-11(12)14/h4-5H,2-3,6H2,1H3,(H,13,14). The monoisotopic (exact) mass is 285 g/mol. The fraction of sp³-hybridized carbons (Fsp3) is 0.364. The van der Waals surface area contributed by atoms with Gasteiger partial charge in [-0.05, 0) is 36.6 Å². The summed E-state index contributed by atoms with van der Waals surface area (Å²) in [6.07, 6.45) is 0.778. The summed E-state index contributed by atoms with van der Waals surface area (Å²) in [5.74, 6) is 1.58. The molecule has 16 heavy (non-hydrogen) atoms. The molecule has 4 nitrogen and oxygen atoms in total. The van der Waals surface area contributed by atoms with Crippen LogP contribution in [0.15, 0.2) is 12.1 Å². The first-order chi connectivity index (χ1) is 7.66. The number of carbonyl (C=O) groups excluding carboxylic acids is 1. The Morgan fingerprint density at radius 1 is 1.44 bits per heavy atom. The Labute approximate surface area is 102 Å². The Kier molecular flexibility index (Phi) is 3.33. The molecule has 1 aliphatic heterocycles. The third-order valence-electron chi connectivity index (χ3n) is 2.49. The van der Waals surface area contributed by atoms with Crippen molar-refractivity contribution in [1.82, 2.24) is 5.32 Å². The topological polar surface area (TPSA) is 47.6 Å². The fourth-order valence-electron chi connectivity index (χ4n) is 1.65. The molecule has 1 heterocycles. The number of amides is 1. The summed E-state index contributed by atoms with van der Waals surface area (Å²) in [6, 6.07) is 3.94. The van der Waals surface area contributed by atoms with Crippen LogP contribution in [0.2, 0.25) is 0 Å². The van der Waals surface area contributed by atoms with E-state index in [4.69, 9.17) is 9.47 Å². The lowest BCUT2D eigenvalue weighted by molar-refractivity contribution is 0.174. The average Bonchev–Trinajstić information content (AvgIpc) is 2.64. The first kappa shape index (κ1) is 11.3. The van der Waals surface area contributed by atoms with E-state index in [2.05, 4.69) is 21.2 Å². The molecule has 1 amide bonds. The van der Waals surface area contributed by atoms with Crippen LogP contribution in [0.1, 0.15) is 11.1 Å². The molecule has 1 aromatic carbocycles. The van der Waals surface area contributed by atoms with E-state index in [1.165, 1.54) is 0 Å². The van der Waals surface area contributed by atoms with Gasteiger partial charge >= 0.3 is 0 Å². The Balaban J connectivity index is 2.06. The number of aryl methyl sites for hydroxylation is 1. The lowest BCUT2D eigenvalue weighted by Gasteiger charge is -2.07. The average molecular weight is 286 g/mol. The molecule has 5 heteroatoms. The number of carbonyl (C=O) groups is 1. The van der Waals surface area contributed by atoms with Crippen molar-refractivity contribution in [3.63, 3.8) is 0 Å². The summed E-state index contributed by atoms with van der Waals surface area (Å²) < 4.78 is 10.6. The summed E-state index contributed by atoms with van der Waals surface area (Å²) in [5.41, 5.74) is 2.30. The number of ether oxygens (including phenoxy) is 2. The van der Waals surface area contributed by atoms with E-state index in [1.54, 1.807) is 0 Å². The van der Waals surface area contributed by atoms with E-state index in [1.807, 2.05) is 19.1 Å². The van der Waals surface area contributed by atoms with Crippen molar-refractivity contribution < 1.29 is 14.3 Å². The Hall–Kier alpha value is -1.23. The van der Waals surface area contributed by atoms with Gasteiger partial charge < -0.3 is 14.8 Å². The van der Waals surface area contributed by atoms with Gasteiger partial charge in [-0.2, -0.15) is 0 Å². The van der Waals surface area contributed by atoms with Gasteiger partial charge in [0.05, 0.1) is 0 Å². The van der Waals surface area contributed by atoms with E-state index in [0.29, 0.717) is 6.54 Å². The molecule has 0 bridgehead atoms. The van der Waals surface area contributed by atoms with Crippen LogP contribution >= 0.6 is 15.9 Å². The van der Waals surface area contributed by atoms with E-state index in [9.17, 15) is 4.79 Å². The molecular formula is C11H12BrNO3. The number of benzene rings is 1. The first-order valence-electron chi connectivity index (χ1n) is 4.99. The van der Waals surface area contributed by atoms with Gasteiger partial charge in [-0.3, -0.25) is 4.79 Å². The number of rotatable bonds is 3. The van der Waals surface area contributed by atoms with Crippen LogP contribution in [0, 0.1) is 6.92 Å². The van der Waals surface area contributed by atoms with E-state index in [0.717, 1.165) is 29.0 Å². The van der Waals surface area contributed by atoms with Gasteiger partial charge in [-0.1, -0.05) is 0 Å². The summed E-state index contributed by atoms with van der Waals surface area (Å²) in [7, 11) is 0. The lowest BCUT2D eigenvalue weighted by Crippen LogP contribution is -2.19. The molecule has 0 saturated carbocycles. The van der Waals surface area contributed by atoms with Crippen LogP contribution in [0.25, 0.3) is 0 Å². The zero-order valence-electron chi connectivity index (χ0n) is 8.88. The minimum Gasteiger partial charge on any atom is -0.454 e. The second kappa shape index (κ2) is 4.74. The fourth-order valence-corrected chi connectivity index (χ4v) is 1.85. The highest BCUT2D eigenvalue weighted by atomic mass is 79.9. The van der Waals surface area contributed by atoms with Gasteiger partial charge in [0, 0.05) is 22.5 Å². The van der Waals surface area contributed by atoms with Crippen LogP contribution in [-0.4, -0.2) is 18.2 Å². The molecule has 0 aromatic heterocycles. The maximum atomic E-state index is 10.7. The van der Waals surface area contributed by atoms with Crippen molar-refractivity contribution in [3.8, 4) is 11.5 Å². The molecular weight excluding hydrogens is 274 g/mol. The largest absolute Gasteiger partial charge is 0.454 e. The summed E-state index contributed by atoms with van der Waals surface area (Å²) >= 11 is 2.82. The maximum Gasteiger partial charge on any atom is 0.287 e. The first-order valence-corrected chi connectivity index (χ1v) is 5.78. The minimum absolute atomic E-state index is 0.189. The SMILES string of the molecule is Cc1cc2c(cc1CCNC(=O)Br)OCO2. The third-order valence-corrected chi connectivity index (χ3v) is 2.77. The maximum absolute atomic E-state index is 10.7. The Bertz CT molecular complexity index is 420. The van der Waals surface area contributed by atoms with Crippen LogP contribution in [0.4, 0.5) is 4.79 Å². The van der Waals surface area contributed by atoms with E-state index >= 15 is 0 Å². The zero-order valence-corrected chi connectivity index (χ0v) is 10.5. The van der Waals surface area contributed by atoms with Gasteiger partial charge in [-0.25, -0.2) is 0 Å². The number of halogens is 1. The van der Waals surface area contributed by atoms with Crippen molar-refractivity contribution in [1.29, 1.82) is 0 Å². The number of fused-ring (bicyclic) bond motifs is 1. The van der Waals surface area contributed by atoms with Crippen molar-refractivity contribution >= 4 is 20.7 Å². The van der Waals surface area contributed by atoms with Crippen LogP contribution in [0.3, 0.4) is 0 Å². The predicted molar refractivity (Wildman–Crippen MR) is 63.3 cm³/mol. The van der Waals surface area contributed by atoms with E-state index in [-0.39, 0.29) is 11.6 Å². The summed E-state index contributed by atoms with van der Waals surface area (Å²) in [6.45, 7) is 2.91. The van der Waals surface area contributed by atoms with Crippen molar-refractivity contribution in [3.05, 3.63) is 23.3 Å². The molecule has 2 rings (SSSR count). The Morgan fingerprint density at radius 3 is 2.81 bits per heavy atom. The highest BCUT2D eigenvalue weighted by Crippen LogP contribution is 2.34. The molecule has 0 unspecified atom stereocenters. The Morgan fingerprint density at radius 2 is 2.12 bits per heavy atom. The summed E-state index contributed by atoms with van der Waals surface area (Å²) in [4.78, 5) is 10.5.